The van der Waals surface area contributed by atoms with Gasteiger partial charge in [0.1, 0.15) is 5.75 Å². The van der Waals surface area contributed by atoms with Gasteiger partial charge in [-0.15, -0.1) is 0 Å². The highest BCUT2D eigenvalue weighted by Crippen LogP contribution is 2.21. The lowest BCUT2D eigenvalue weighted by atomic mass is 10.0. The van der Waals surface area contributed by atoms with Crippen molar-refractivity contribution in [2.24, 2.45) is 5.73 Å². The van der Waals surface area contributed by atoms with Crippen molar-refractivity contribution in [2.45, 2.75) is 6.42 Å². The van der Waals surface area contributed by atoms with E-state index in [1.807, 2.05) is 42.5 Å². The highest BCUT2D eigenvalue weighted by atomic mass is 16.5. The average Bonchev–Trinajstić information content (AvgIpc) is 2.39. The van der Waals surface area contributed by atoms with Crippen molar-refractivity contribution in [3.63, 3.8) is 0 Å². The summed E-state index contributed by atoms with van der Waals surface area (Å²) >= 11 is 0. The minimum absolute atomic E-state index is 0.0915. The molecule has 0 saturated heterocycles. The molecule has 1 amide bonds. The zero-order valence-corrected chi connectivity index (χ0v) is 10.0. The van der Waals surface area contributed by atoms with Crippen LogP contribution in [0.3, 0.4) is 0 Å². The third-order valence-electron chi connectivity index (χ3n) is 2.58. The van der Waals surface area contributed by atoms with Crippen molar-refractivity contribution in [1.29, 1.82) is 0 Å². The maximum Gasteiger partial charge on any atom is 0.255 e. The number of benzene rings is 2. The van der Waals surface area contributed by atoms with Crippen LogP contribution in [-0.2, 0) is 11.2 Å². The number of carbonyl (C=O) groups excluding carboxylic acids is 1. The van der Waals surface area contributed by atoms with Gasteiger partial charge in [-0.1, -0.05) is 48.5 Å². The number of amides is 1. The van der Waals surface area contributed by atoms with Crippen molar-refractivity contribution in [2.75, 3.05) is 6.61 Å². The van der Waals surface area contributed by atoms with E-state index < -0.39 is 5.91 Å². The molecule has 2 aromatic carbocycles. The van der Waals surface area contributed by atoms with E-state index in [0.717, 1.165) is 12.0 Å². The van der Waals surface area contributed by atoms with Crippen LogP contribution in [0.25, 0.3) is 0 Å². The predicted molar refractivity (Wildman–Crippen MR) is 70.4 cm³/mol. The Labute approximate surface area is 106 Å². The van der Waals surface area contributed by atoms with Crippen molar-refractivity contribution in [3.05, 3.63) is 65.7 Å². The van der Waals surface area contributed by atoms with Crippen molar-refractivity contribution < 1.29 is 9.53 Å². The Hall–Kier alpha value is -2.29. The topological polar surface area (TPSA) is 52.3 Å². The molecule has 2 N–H and O–H groups in total. The Morgan fingerprint density at radius 1 is 1.00 bits per heavy atom. The number of carbonyl (C=O) groups is 1. The highest BCUT2D eigenvalue weighted by Gasteiger charge is 2.05. The number of hydrogen-bond donors (Lipinski definition) is 1. The van der Waals surface area contributed by atoms with E-state index in [4.69, 9.17) is 10.5 Å². The Morgan fingerprint density at radius 3 is 2.39 bits per heavy atom. The van der Waals surface area contributed by atoms with E-state index in [-0.39, 0.29) is 6.61 Å². The average molecular weight is 241 g/mol. The largest absolute Gasteiger partial charge is 0.483 e. The Balaban J connectivity index is 2.14. The van der Waals surface area contributed by atoms with E-state index in [9.17, 15) is 4.79 Å². The molecule has 0 aromatic heterocycles. The first-order valence-corrected chi connectivity index (χ1v) is 5.78. The SMILES string of the molecule is NC(=O)COc1ccccc1Cc1ccccc1. The molecule has 0 atom stereocenters. The Kier molecular flexibility index (Phi) is 3.97. The van der Waals surface area contributed by atoms with Gasteiger partial charge < -0.3 is 10.5 Å². The summed E-state index contributed by atoms with van der Waals surface area (Å²) in [4.78, 5) is 10.7. The maximum atomic E-state index is 10.7. The standard InChI is InChI=1S/C15H15NO2/c16-15(17)11-18-14-9-5-4-8-13(14)10-12-6-2-1-3-7-12/h1-9H,10-11H2,(H2,16,17). The molecule has 18 heavy (non-hydrogen) atoms. The summed E-state index contributed by atoms with van der Waals surface area (Å²) < 4.78 is 5.40. The molecule has 0 spiro atoms. The minimum atomic E-state index is -0.468. The zero-order chi connectivity index (χ0) is 12.8. The van der Waals surface area contributed by atoms with Crippen molar-refractivity contribution in [3.8, 4) is 5.75 Å². The number of ether oxygens (including phenoxy) is 1. The minimum Gasteiger partial charge on any atom is -0.483 e. The summed E-state index contributed by atoms with van der Waals surface area (Å²) in [6.45, 7) is -0.0915. The first-order valence-electron chi connectivity index (χ1n) is 5.78. The first-order chi connectivity index (χ1) is 8.75. The van der Waals surface area contributed by atoms with Gasteiger partial charge in [-0.25, -0.2) is 0 Å². The molecular formula is C15H15NO2. The molecule has 0 aliphatic carbocycles. The van der Waals surface area contributed by atoms with Gasteiger partial charge in [0.05, 0.1) is 0 Å². The number of primary amides is 1. The van der Waals surface area contributed by atoms with E-state index in [0.29, 0.717) is 5.75 Å². The second kappa shape index (κ2) is 5.87. The maximum absolute atomic E-state index is 10.7. The predicted octanol–water partition coefficient (Wildman–Crippen LogP) is 2.14. The van der Waals surface area contributed by atoms with Crippen LogP contribution >= 0.6 is 0 Å². The number of hydrogen-bond acceptors (Lipinski definition) is 2. The monoisotopic (exact) mass is 241 g/mol. The fourth-order valence-corrected chi connectivity index (χ4v) is 1.76. The van der Waals surface area contributed by atoms with Gasteiger partial charge in [0.25, 0.3) is 5.91 Å². The summed E-state index contributed by atoms with van der Waals surface area (Å²) in [5.74, 6) is 0.240. The van der Waals surface area contributed by atoms with Crippen molar-refractivity contribution >= 4 is 5.91 Å². The Bertz CT molecular complexity index is 523. The third-order valence-corrected chi connectivity index (χ3v) is 2.58. The molecule has 0 radical (unpaired) electrons. The Morgan fingerprint density at radius 2 is 1.67 bits per heavy atom. The molecule has 3 heteroatoms. The summed E-state index contributed by atoms with van der Waals surface area (Å²) in [6.07, 6.45) is 0.774. The van der Waals surface area contributed by atoms with Crippen LogP contribution in [0.4, 0.5) is 0 Å². The van der Waals surface area contributed by atoms with Crippen LogP contribution in [0.2, 0.25) is 0 Å². The molecule has 0 heterocycles. The van der Waals surface area contributed by atoms with Gasteiger partial charge in [-0.05, 0) is 17.2 Å². The number of rotatable bonds is 5. The van der Waals surface area contributed by atoms with Gasteiger partial charge in [0.2, 0.25) is 0 Å². The van der Waals surface area contributed by atoms with Crippen LogP contribution in [0, 0.1) is 0 Å². The van der Waals surface area contributed by atoms with Crippen LogP contribution in [0.15, 0.2) is 54.6 Å². The van der Waals surface area contributed by atoms with E-state index in [2.05, 4.69) is 12.1 Å². The normalized spacial score (nSPS) is 10.0. The van der Waals surface area contributed by atoms with E-state index in [1.54, 1.807) is 0 Å². The van der Waals surface area contributed by atoms with Crippen molar-refractivity contribution in [1.82, 2.24) is 0 Å². The van der Waals surface area contributed by atoms with Crippen LogP contribution < -0.4 is 10.5 Å². The summed E-state index contributed by atoms with van der Waals surface area (Å²) in [5.41, 5.74) is 7.33. The molecule has 2 rings (SSSR count). The lowest BCUT2D eigenvalue weighted by Crippen LogP contribution is -2.20. The van der Waals surface area contributed by atoms with Gasteiger partial charge in [-0.3, -0.25) is 4.79 Å². The molecule has 0 aliphatic rings. The fourth-order valence-electron chi connectivity index (χ4n) is 1.76. The highest BCUT2D eigenvalue weighted by molar-refractivity contribution is 5.75. The van der Waals surface area contributed by atoms with E-state index >= 15 is 0 Å². The number of para-hydroxylation sites is 1. The van der Waals surface area contributed by atoms with Crippen LogP contribution in [-0.4, -0.2) is 12.5 Å². The first kappa shape index (κ1) is 12.2. The molecule has 0 aliphatic heterocycles. The molecule has 0 bridgehead atoms. The van der Waals surface area contributed by atoms with Gasteiger partial charge in [0.15, 0.2) is 6.61 Å². The fraction of sp³-hybridized carbons (Fsp3) is 0.133. The van der Waals surface area contributed by atoms with Crippen LogP contribution in [0.5, 0.6) is 5.75 Å². The molecule has 0 fully saturated rings. The molecule has 3 nitrogen and oxygen atoms in total. The van der Waals surface area contributed by atoms with Gasteiger partial charge >= 0.3 is 0 Å². The lowest BCUT2D eigenvalue weighted by molar-refractivity contribution is -0.119. The molecule has 0 unspecified atom stereocenters. The smallest absolute Gasteiger partial charge is 0.255 e. The third kappa shape index (κ3) is 3.35. The van der Waals surface area contributed by atoms with Crippen LogP contribution in [0.1, 0.15) is 11.1 Å². The molecular weight excluding hydrogens is 226 g/mol. The van der Waals surface area contributed by atoms with Gasteiger partial charge in [0, 0.05) is 6.42 Å². The molecule has 2 aromatic rings. The van der Waals surface area contributed by atoms with E-state index in [1.165, 1.54) is 5.56 Å². The number of nitrogens with two attached hydrogens (primary N) is 1. The van der Waals surface area contributed by atoms with Gasteiger partial charge in [-0.2, -0.15) is 0 Å². The quantitative estimate of drug-likeness (QED) is 0.872. The summed E-state index contributed by atoms with van der Waals surface area (Å²) in [7, 11) is 0. The summed E-state index contributed by atoms with van der Waals surface area (Å²) in [5, 5.41) is 0. The molecule has 92 valence electrons. The lowest BCUT2D eigenvalue weighted by Gasteiger charge is -2.10. The summed E-state index contributed by atoms with van der Waals surface area (Å²) in [6, 6.07) is 17.8. The second-order valence-corrected chi connectivity index (χ2v) is 4.03. The second-order valence-electron chi connectivity index (χ2n) is 4.03. The zero-order valence-electron chi connectivity index (χ0n) is 10.0. The molecule has 0 saturated carbocycles.